The largest absolute Gasteiger partial charge is 0.481 e. The summed E-state index contributed by atoms with van der Waals surface area (Å²) in [6, 6.07) is 0. The van der Waals surface area contributed by atoms with Gasteiger partial charge < -0.3 is 10.4 Å². The highest BCUT2D eigenvalue weighted by Gasteiger charge is 2.27. The minimum Gasteiger partial charge on any atom is -0.481 e. The van der Waals surface area contributed by atoms with E-state index in [2.05, 4.69) is 19.2 Å². The molecule has 1 amide bonds. The molecule has 1 aliphatic carbocycles. The van der Waals surface area contributed by atoms with Crippen LogP contribution in [-0.2, 0) is 9.59 Å². The average molecular weight is 269 g/mol. The predicted molar refractivity (Wildman–Crippen MR) is 74.8 cm³/mol. The molecule has 0 radical (unpaired) electrons. The summed E-state index contributed by atoms with van der Waals surface area (Å²) in [5, 5.41) is 11.5. The molecular weight excluding hydrogens is 242 g/mol. The molecule has 0 aromatic rings. The molecule has 0 heterocycles. The first kappa shape index (κ1) is 16.0. The van der Waals surface area contributed by atoms with Crippen LogP contribution < -0.4 is 5.32 Å². The van der Waals surface area contributed by atoms with E-state index in [1.165, 1.54) is 12.8 Å². The Balaban J connectivity index is 2.19. The van der Waals surface area contributed by atoms with Gasteiger partial charge in [-0.2, -0.15) is 0 Å². The maximum absolute atomic E-state index is 11.8. The fourth-order valence-corrected chi connectivity index (χ4v) is 2.66. The second kappa shape index (κ2) is 6.92. The van der Waals surface area contributed by atoms with E-state index in [9.17, 15) is 9.59 Å². The molecule has 0 aliphatic heterocycles. The zero-order valence-corrected chi connectivity index (χ0v) is 12.4. The molecule has 1 rings (SSSR count). The predicted octanol–water partition coefficient (Wildman–Crippen LogP) is 2.82. The van der Waals surface area contributed by atoms with Crippen molar-refractivity contribution in [3.63, 3.8) is 0 Å². The SMILES string of the molecule is CC(CNC(=O)CC1CCC(C)(C)CC1)CC(=O)O. The van der Waals surface area contributed by atoms with Crippen LogP contribution in [0.4, 0.5) is 0 Å². The number of carbonyl (C=O) groups excluding carboxylic acids is 1. The Morgan fingerprint density at radius 1 is 1.32 bits per heavy atom. The zero-order chi connectivity index (χ0) is 14.5. The summed E-state index contributed by atoms with van der Waals surface area (Å²) in [6.07, 6.45) is 5.35. The van der Waals surface area contributed by atoms with Gasteiger partial charge in [0.2, 0.25) is 5.91 Å². The normalized spacial score (nSPS) is 20.8. The van der Waals surface area contributed by atoms with Gasteiger partial charge in [0.15, 0.2) is 0 Å². The molecule has 0 aromatic carbocycles. The molecule has 0 aromatic heterocycles. The van der Waals surface area contributed by atoms with E-state index in [1.54, 1.807) is 0 Å². The van der Waals surface area contributed by atoms with Crippen LogP contribution in [0.5, 0.6) is 0 Å². The molecule has 110 valence electrons. The van der Waals surface area contributed by atoms with Crippen molar-refractivity contribution in [2.24, 2.45) is 17.3 Å². The Morgan fingerprint density at radius 2 is 1.89 bits per heavy atom. The topological polar surface area (TPSA) is 66.4 Å². The maximum Gasteiger partial charge on any atom is 0.303 e. The van der Waals surface area contributed by atoms with Crippen molar-refractivity contribution in [1.29, 1.82) is 0 Å². The molecule has 4 nitrogen and oxygen atoms in total. The van der Waals surface area contributed by atoms with Crippen molar-refractivity contribution in [2.75, 3.05) is 6.54 Å². The lowest BCUT2D eigenvalue weighted by atomic mass is 9.72. The third-order valence-corrected chi connectivity index (χ3v) is 4.10. The van der Waals surface area contributed by atoms with Crippen LogP contribution in [0.3, 0.4) is 0 Å². The summed E-state index contributed by atoms with van der Waals surface area (Å²) < 4.78 is 0. The van der Waals surface area contributed by atoms with Crippen LogP contribution in [-0.4, -0.2) is 23.5 Å². The van der Waals surface area contributed by atoms with Crippen molar-refractivity contribution in [3.8, 4) is 0 Å². The number of rotatable bonds is 6. The molecule has 1 unspecified atom stereocenters. The number of hydrogen-bond acceptors (Lipinski definition) is 2. The number of aliphatic carboxylic acids is 1. The molecule has 1 aliphatic rings. The maximum atomic E-state index is 11.8. The van der Waals surface area contributed by atoms with Gasteiger partial charge in [-0.1, -0.05) is 20.8 Å². The van der Waals surface area contributed by atoms with Crippen LogP contribution in [0, 0.1) is 17.3 Å². The van der Waals surface area contributed by atoms with E-state index >= 15 is 0 Å². The minimum atomic E-state index is -0.809. The van der Waals surface area contributed by atoms with E-state index in [-0.39, 0.29) is 18.2 Å². The second-order valence-corrected chi connectivity index (χ2v) is 6.82. The third kappa shape index (κ3) is 6.60. The van der Waals surface area contributed by atoms with Crippen LogP contribution in [0.1, 0.15) is 59.3 Å². The van der Waals surface area contributed by atoms with Gasteiger partial charge in [0.05, 0.1) is 0 Å². The molecule has 0 saturated heterocycles. The van der Waals surface area contributed by atoms with E-state index in [0.717, 1.165) is 12.8 Å². The highest BCUT2D eigenvalue weighted by atomic mass is 16.4. The summed E-state index contributed by atoms with van der Waals surface area (Å²) in [6.45, 7) is 6.88. The van der Waals surface area contributed by atoms with Crippen LogP contribution >= 0.6 is 0 Å². The molecule has 1 fully saturated rings. The van der Waals surface area contributed by atoms with Gasteiger partial charge in [0, 0.05) is 19.4 Å². The van der Waals surface area contributed by atoms with Crippen molar-refractivity contribution in [2.45, 2.75) is 59.3 Å². The number of nitrogens with one attached hydrogen (secondary N) is 1. The Bertz CT molecular complexity index is 315. The van der Waals surface area contributed by atoms with Crippen LogP contribution in [0.25, 0.3) is 0 Å². The zero-order valence-electron chi connectivity index (χ0n) is 12.4. The van der Waals surface area contributed by atoms with Gasteiger partial charge in [-0.15, -0.1) is 0 Å². The molecule has 4 heteroatoms. The quantitative estimate of drug-likeness (QED) is 0.779. The molecule has 0 bridgehead atoms. The van der Waals surface area contributed by atoms with Crippen molar-refractivity contribution >= 4 is 11.9 Å². The number of carboxylic acids is 1. The van der Waals surface area contributed by atoms with Gasteiger partial charge in [0.25, 0.3) is 0 Å². The van der Waals surface area contributed by atoms with E-state index in [4.69, 9.17) is 5.11 Å². The molecule has 1 atom stereocenters. The minimum absolute atomic E-state index is 0.00765. The van der Waals surface area contributed by atoms with E-state index < -0.39 is 5.97 Å². The number of carboxylic acid groups (broad SMARTS) is 1. The molecule has 0 spiro atoms. The first-order valence-electron chi connectivity index (χ1n) is 7.27. The summed E-state index contributed by atoms with van der Waals surface area (Å²) in [5.41, 5.74) is 0.434. The first-order chi connectivity index (χ1) is 8.78. The Labute approximate surface area is 116 Å². The van der Waals surface area contributed by atoms with Gasteiger partial charge >= 0.3 is 5.97 Å². The number of hydrogen-bond donors (Lipinski definition) is 2. The fourth-order valence-electron chi connectivity index (χ4n) is 2.66. The smallest absolute Gasteiger partial charge is 0.303 e. The van der Waals surface area contributed by atoms with Gasteiger partial charge in [0.1, 0.15) is 0 Å². The molecule has 19 heavy (non-hydrogen) atoms. The first-order valence-corrected chi connectivity index (χ1v) is 7.27. The van der Waals surface area contributed by atoms with Crippen molar-refractivity contribution < 1.29 is 14.7 Å². The molecule has 1 saturated carbocycles. The van der Waals surface area contributed by atoms with Gasteiger partial charge in [-0.05, 0) is 42.9 Å². The number of carbonyl (C=O) groups is 2. The lowest BCUT2D eigenvalue weighted by Gasteiger charge is -2.34. The Morgan fingerprint density at radius 3 is 2.42 bits per heavy atom. The molecule has 2 N–H and O–H groups in total. The monoisotopic (exact) mass is 269 g/mol. The highest BCUT2D eigenvalue weighted by molar-refractivity contribution is 5.76. The fraction of sp³-hybridized carbons (Fsp3) is 0.867. The van der Waals surface area contributed by atoms with Gasteiger partial charge in [-0.25, -0.2) is 0 Å². The lowest BCUT2D eigenvalue weighted by Crippen LogP contribution is -2.32. The summed E-state index contributed by atoms with van der Waals surface area (Å²) in [5.74, 6) is -0.243. The van der Waals surface area contributed by atoms with Crippen LogP contribution in [0.15, 0.2) is 0 Å². The highest BCUT2D eigenvalue weighted by Crippen LogP contribution is 2.39. The Kier molecular flexibility index (Phi) is 5.83. The summed E-state index contributed by atoms with van der Waals surface area (Å²) in [4.78, 5) is 22.3. The van der Waals surface area contributed by atoms with Gasteiger partial charge in [-0.3, -0.25) is 9.59 Å². The number of amides is 1. The standard InChI is InChI=1S/C15H27NO3/c1-11(8-14(18)19)10-16-13(17)9-12-4-6-15(2,3)7-5-12/h11-12H,4-10H2,1-3H3,(H,16,17)(H,18,19). The average Bonchev–Trinajstić information content (AvgIpc) is 2.28. The van der Waals surface area contributed by atoms with Crippen LogP contribution in [0.2, 0.25) is 0 Å². The van der Waals surface area contributed by atoms with Crippen molar-refractivity contribution in [3.05, 3.63) is 0 Å². The van der Waals surface area contributed by atoms with Crippen molar-refractivity contribution in [1.82, 2.24) is 5.32 Å². The molecular formula is C15H27NO3. The second-order valence-electron chi connectivity index (χ2n) is 6.82. The third-order valence-electron chi connectivity index (χ3n) is 4.10. The Hall–Kier alpha value is -1.06. The summed E-state index contributed by atoms with van der Waals surface area (Å²) in [7, 11) is 0. The van der Waals surface area contributed by atoms with E-state index in [1.807, 2.05) is 6.92 Å². The summed E-state index contributed by atoms with van der Waals surface area (Å²) >= 11 is 0. The van der Waals surface area contributed by atoms with E-state index in [0.29, 0.717) is 24.3 Å². The lowest BCUT2D eigenvalue weighted by molar-refractivity contribution is -0.138.